The monoisotopic (exact) mass is 561 g/mol. The Bertz CT molecular complexity index is 1340. The van der Waals surface area contributed by atoms with Crippen LogP contribution in [0.25, 0.3) is 0 Å². The highest BCUT2D eigenvalue weighted by atomic mass is 35.5. The molecule has 1 aliphatic rings. The third-order valence-corrected chi connectivity index (χ3v) is 7.26. The minimum atomic E-state index is -4.53. The summed E-state index contributed by atoms with van der Waals surface area (Å²) in [6.07, 6.45) is -4.53. The zero-order valence-corrected chi connectivity index (χ0v) is 22.0. The van der Waals surface area contributed by atoms with Crippen LogP contribution < -0.4 is 4.31 Å². The van der Waals surface area contributed by atoms with E-state index in [1.165, 1.54) is 0 Å². The summed E-state index contributed by atoms with van der Waals surface area (Å²) < 4.78 is 44.8. The number of hydrogen-bond acceptors (Lipinski definition) is 6. The van der Waals surface area contributed by atoms with Gasteiger partial charge in [0.05, 0.1) is 48.0 Å². The molecule has 0 spiro atoms. The van der Waals surface area contributed by atoms with E-state index in [9.17, 15) is 22.8 Å². The molecule has 3 aromatic carbocycles. The fourth-order valence-electron chi connectivity index (χ4n) is 4.20. The van der Waals surface area contributed by atoms with Crippen molar-refractivity contribution in [1.82, 2.24) is 5.01 Å². The van der Waals surface area contributed by atoms with Crippen molar-refractivity contribution >= 4 is 46.2 Å². The van der Waals surface area contributed by atoms with Crippen LogP contribution in [0, 0.1) is 0 Å². The van der Waals surface area contributed by atoms with Gasteiger partial charge in [-0.15, -0.1) is 0 Å². The molecule has 1 atom stereocenters. The topological polar surface area (TPSA) is 62.2 Å². The Balaban J connectivity index is 1.64. The molecule has 6 nitrogen and oxygen atoms in total. The van der Waals surface area contributed by atoms with Gasteiger partial charge in [0.2, 0.25) is 0 Å². The van der Waals surface area contributed by atoms with E-state index >= 15 is 0 Å². The third-order valence-electron chi connectivity index (χ3n) is 6.10. The lowest BCUT2D eigenvalue weighted by Crippen LogP contribution is -2.39. The van der Waals surface area contributed by atoms with Crippen LogP contribution >= 0.6 is 23.5 Å². The van der Waals surface area contributed by atoms with E-state index in [0.717, 1.165) is 52.5 Å². The van der Waals surface area contributed by atoms with Crippen molar-refractivity contribution in [3.63, 3.8) is 0 Å². The summed E-state index contributed by atoms with van der Waals surface area (Å²) in [7, 11) is 1.15. The fraction of sp³-hybridized carbons (Fsp3) is 0.222. The average Bonchev–Trinajstić information content (AvgIpc) is 3.24. The molecule has 0 saturated carbocycles. The number of rotatable bonds is 5. The molecule has 3 aromatic rings. The number of hydrazone groups is 1. The van der Waals surface area contributed by atoms with Gasteiger partial charge >= 0.3 is 11.5 Å². The third kappa shape index (κ3) is 5.97. The van der Waals surface area contributed by atoms with Crippen molar-refractivity contribution in [2.45, 2.75) is 18.5 Å². The normalized spacial score (nSPS) is 17.2. The predicted octanol–water partition coefficient (Wildman–Crippen LogP) is 6.78. The summed E-state index contributed by atoms with van der Waals surface area (Å²) in [6.45, 7) is 2.14. The van der Waals surface area contributed by atoms with Crippen LogP contribution in [0.2, 0.25) is 5.02 Å². The Labute approximate surface area is 227 Å². The molecule has 1 heterocycles. The number of nitrogens with zero attached hydrogens (tertiary/aromatic N) is 3. The van der Waals surface area contributed by atoms with E-state index in [0.29, 0.717) is 23.5 Å². The average molecular weight is 562 g/mol. The zero-order valence-electron chi connectivity index (χ0n) is 20.4. The highest BCUT2D eigenvalue weighted by Crippen LogP contribution is 2.36. The van der Waals surface area contributed by atoms with Crippen molar-refractivity contribution in [2.24, 2.45) is 5.10 Å². The van der Waals surface area contributed by atoms with E-state index in [1.807, 2.05) is 49.4 Å². The summed E-state index contributed by atoms with van der Waals surface area (Å²) in [5.74, 6) is -0.559. The number of anilines is 1. The fourth-order valence-corrected chi connectivity index (χ4v) is 4.94. The summed E-state index contributed by atoms with van der Waals surface area (Å²) >= 11 is 6.53. The van der Waals surface area contributed by atoms with Gasteiger partial charge < -0.3 is 4.74 Å². The van der Waals surface area contributed by atoms with Crippen LogP contribution in [0.3, 0.4) is 0 Å². The Morgan fingerprint density at radius 1 is 1.05 bits per heavy atom. The minimum absolute atomic E-state index is 0.102. The Morgan fingerprint density at radius 3 is 2.26 bits per heavy atom. The van der Waals surface area contributed by atoms with E-state index in [1.54, 1.807) is 17.1 Å². The Morgan fingerprint density at radius 2 is 1.68 bits per heavy atom. The van der Waals surface area contributed by atoms with Crippen molar-refractivity contribution < 1.29 is 27.5 Å². The maximum absolute atomic E-state index is 13.4. The molecular weight excluding hydrogens is 539 g/mol. The van der Waals surface area contributed by atoms with Gasteiger partial charge in [-0.05, 0) is 54.4 Å². The number of halogens is 4. The number of amides is 1. The van der Waals surface area contributed by atoms with E-state index in [2.05, 4.69) is 4.74 Å². The first-order valence-corrected chi connectivity index (χ1v) is 12.6. The molecule has 0 bridgehead atoms. The van der Waals surface area contributed by atoms with Gasteiger partial charge in [-0.25, -0.2) is 9.10 Å². The maximum Gasteiger partial charge on any atom is 0.416 e. The number of alkyl halides is 3. The van der Waals surface area contributed by atoms with Gasteiger partial charge in [0.15, 0.2) is 0 Å². The quantitative estimate of drug-likeness (QED) is 0.254. The van der Waals surface area contributed by atoms with Gasteiger partial charge in [0.25, 0.3) is 5.91 Å². The molecule has 0 aliphatic carbocycles. The second-order valence-electron chi connectivity index (χ2n) is 8.75. The first-order chi connectivity index (χ1) is 18.0. The minimum Gasteiger partial charge on any atom is -0.460 e. The van der Waals surface area contributed by atoms with Crippen molar-refractivity contribution in [2.75, 3.05) is 24.5 Å². The second-order valence-corrected chi connectivity index (χ2v) is 10.1. The molecule has 0 radical (unpaired) electrons. The maximum atomic E-state index is 13.4. The highest BCUT2D eigenvalue weighted by Gasteiger charge is 2.41. The summed E-state index contributed by atoms with van der Waals surface area (Å²) in [4.78, 5) is 25.4. The zero-order chi connectivity index (χ0) is 27.5. The molecule has 38 heavy (non-hydrogen) atoms. The van der Waals surface area contributed by atoms with Gasteiger partial charge in [-0.1, -0.05) is 54.1 Å². The van der Waals surface area contributed by atoms with Gasteiger partial charge in [-0.2, -0.15) is 18.3 Å². The lowest BCUT2D eigenvalue weighted by molar-refractivity contribution is -0.137. The molecule has 0 fully saturated rings. The van der Waals surface area contributed by atoms with Crippen LogP contribution in [0.4, 0.5) is 23.7 Å². The number of methoxy groups -OCH3 is 1. The second kappa shape index (κ2) is 11.1. The molecule has 0 aromatic heterocycles. The molecule has 11 heteroatoms. The number of benzene rings is 3. The van der Waals surface area contributed by atoms with Crippen LogP contribution in [-0.2, 0) is 21.1 Å². The molecule has 0 saturated heterocycles. The molecule has 1 aliphatic heterocycles. The van der Waals surface area contributed by atoms with Gasteiger partial charge in [0.1, 0.15) is 6.54 Å². The van der Waals surface area contributed by atoms with E-state index < -0.39 is 28.4 Å². The predicted molar refractivity (Wildman–Crippen MR) is 142 cm³/mol. The van der Waals surface area contributed by atoms with Crippen molar-refractivity contribution in [3.8, 4) is 0 Å². The smallest absolute Gasteiger partial charge is 0.416 e. The number of ether oxygens (including phenoxy) is 1. The first-order valence-electron chi connectivity index (χ1n) is 11.4. The van der Waals surface area contributed by atoms with Gasteiger partial charge in [-0.3, -0.25) is 9.80 Å². The van der Waals surface area contributed by atoms with Crippen molar-refractivity contribution in [3.05, 3.63) is 101 Å². The van der Waals surface area contributed by atoms with Crippen LogP contribution in [-0.4, -0.2) is 42.1 Å². The van der Waals surface area contributed by atoms with E-state index in [-0.39, 0.29) is 12.2 Å². The highest BCUT2D eigenvalue weighted by molar-refractivity contribution is 8.15. The van der Waals surface area contributed by atoms with Crippen molar-refractivity contribution in [1.29, 1.82) is 0 Å². The summed E-state index contributed by atoms with van der Waals surface area (Å²) in [5, 5.41) is 6.14. The molecule has 198 valence electrons. The Kier molecular flexibility index (Phi) is 8.03. The molecule has 0 N–H and O–H groups in total. The molecule has 1 unspecified atom stereocenters. The van der Waals surface area contributed by atoms with Crippen LogP contribution in [0.15, 0.2) is 84.0 Å². The Hall–Kier alpha value is -3.50. The number of hydrogen-bond donors (Lipinski definition) is 0. The van der Waals surface area contributed by atoms with Crippen LogP contribution in [0.5, 0.6) is 0 Å². The van der Waals surface area contributed by atoms with Gasteiger partial charge in [0, 0.05) is 5.02 Å². The largest absolute Gasteiger partial charge is 0.460 e. The summed E-state index contributed by atoms with van der Waals surface area (Å²) in [6, 6.07) is 20.9. The first kappa shape index (κ1) is 27.5. The lowest BCUT2D eigenvalue weighted by atomic mass is 9.76. The molecule has 4 rings (SSSR count). The SMILES string of the molecule is COC(=O)SN(C(=O)CN1CC(C)(c2ccccc2)C(c2ccc(Cl)cc2)=N1)c1ccc(C(F)(F)F)cc1. The standard InChI is InChI=1S/C27H23ClF3N3O3S/c1-26(19-6-4-3-5-7-19)17-33(32-24(26)18-8-12-21(28)13-9-18)16-23(35)34(38-25(36)37-2)22-14-10-20(11-15-22)27(29,30)31/h3-15H,16-17H2,1-2H3. The lowest BCUT2D eigenvalue weighted by Gasteiger charge is -2.28. The van der Waals surface area contributed by atoms with Crippen LogP contribution in [0.1, 0.15) is 23.6 Å². The van der Waals surface area contributed by atoms with E-state index in [4.69, 9.17) is 16.7 Å². The molecule has 1 amide bonds. The summed E-state index contributed by atoms with van der Waals surface area (Å²) in [5.41, 5.74) is 1.21. The molecular formula is C27H23ClF3N3O3S. The number of carbonyl (C=O) groups is 2. The number of carbonyl (C=O) groups excluding carboxylic acids is 2.